The van der Waals surface area contributed by atoms with E-state index in [4.69, 9.17) is 47.4 Å². The molecule has 0 unspecified atom stereocenters. The van der Waals surface area contributed by atoms with Crippen LogP contribution in [0.25, 0.3) is 67.8 Å². The molecule has 4 atom stereocenters. The third-order valence-electron chi connectivity index (χ3n) is 22.6. The van der Waals surface area contributed by atoms with E-state index in [2.05, 4.69) is 72.8 Å². The molecule has 12 rings (SSSR count). The number of thioether (sulfide) groups is 2. The number of hydrogen-bond donors (Lipinski definition) is 0. The van der Waals surface area contributed by atoms with Crippen molar-refractivity contribution in [3.05, 3.63) is 361 Å². The van der Waals surface area contributed by atoms with Crippen LogP contribution in [0.4, 0.5) is 26.3 Å². The van der Waals surface area contributed by atoms with E-state index in [0.717, 1.165) is 113 Å². The number of halogens is 6. The molecule has 0 fully saturated rings. The molecule has 0 heterocycles. The Morgan fingerprint density at radius 1 is 0.283 bits per heavy atom. The van der Waals surface area contributed by atoms with Gasteiger partial charge in [-0.15, -0.1) is 23.5 Å². The zero-order valence-corrected chi connectivity index (χ0v) is 82.2. The number of rotatable bonds is 40. The Bertz CT molecular complexity index is 5520. The van der Waals surface area contributed by atoms with Crippen LogP contribution in [0.1, 0.15) is 156 Å². The lowest BCUT2D eigenvalue weighted by molar-refractivity contribution is -0.161. The molecule has 14 nitrogen and oxygen atoms in total. The van der Waals surface area contributed by atoms with Crippen LogP contribution >= 0.6 is 23.5 Å². The van der Waals surface area contributed by atoms with Gasteiger partial charge in [-0.2, -0.15) is 26.3 Å². The van der Waals surface area contributed by atoms with Crippen molar-refractivity contribution in [1.29, 1.82) is 0 Å². The van der Waals surface area contributed by atoms with Crippen LogP contribution in [0, 0.1) is 0 Å². The molecule has 0 saturated carbocycles. The first-order chi connectivity index (χ1) is 66.2. The van der Waals surface area contributed by atoms with Gasteiger partial charge in [0.15, 0.2) is 0 Å². The Morgan fingerprint density at radius 3 is 0.797 bits per heavy atom. The molecule has 0 bridgehead atoms. The fraction of sp³-hybridized carbons (Fsp3) is 0.276. The fourth-order valence-electron chi connectivity index (χ4n) is 13.4. The Kier molecular flexibility index (Phi) is 41.8. The van der Waals surface area contributed by atoms with Crippen LogP contribution < -0.4 is 28.4 Å². The van der Waals surface area contributed by atoms with Crippen LogP contribution in [0.2, 0.25) is 0 Å². The minimum absolute atomic E-state index is 0.212. The molecule has 0 N–H and O–H groups in total. The van der Waals surface area contributed by atoms with Crippen molar-refractivity contribution in [3.63, 3.8) is 0 Å². The standard InChI is InChI=1S/2C30H31F3O3S.2C28H30O4/c2*1-5-29(4,28(34)35-6-2)37-27-17-15-26(16-18-27)36-20-19-21(3)22-7-9-23(10-8-22)24-11-13-25(14-12-24)30(31,32)33;2*1-4-28(3,27(29)30-5-2)32-26-19-17-25(18-20-26)31-21-9-10-22-13-15-24(16-14-22)23-11-7-6-8-12-23/h2*7-19H,5-6,20H2,1-4H3;2*6-20H,4-5,21H2,1-3H3/b2*21-19+;2*10-9+/t2*29-;2*28-/m1010/s1. The van der Waals surface area contributed by atoms with Gasteiger partial charge in [0.25, 0.3) is 0 Å². The second-order valence-electron chi connectivity index (χ2n) is 32.6. The third-order valence-corrected chi connectivity index (χ3v) is 25.4. The van der Waals surface area contributed by atoms with E-state index in [-0.39, 0.29) is 23.9 Å². The van der Waals surface area contributed by atoms with Gasteiger partial charge < -0.3 is 47.4 Å². The molecule has 0 aliphatic carbocycles. The Morgan fingerprint density at radius 2 is 0.529 bits per heavy atom. The average Bonchev–Trinajstić information content (AvgIpc) is 0.814. The number of benzene rings is 12. The maximum Gasteiger partial charge on any atom is 0.416 e. The highest BCUT2D eigenvalue weighted by molar-refractivity contribution is 8.01. The zero-order chi connectivity index (χ0) is 99.7. The highest BCUT2D eigenvalue weighted by Gasteiger charge is 2.39. The summed E-state index contributed by atoms with van der Waals surface area (Å²) in [5, 5.41) is 0. The zero-order valence-electron chi connectivity index (χ0n) is 80.6. The predicted molar refractivity (Wildman–Crippen MR) is 545 cm³/mol. The lowest BCUT2D eigenvalue weighted by Crippen LogP contribution is -2.42. The second-order valence-corrected chi connectivity index (χ2v) is 35.8. The summed E-state index contributed by atoms with van der Waals surface area (Å²) in [5.41, 5.74) is 11.0. The van der Waals surface area contributed by atoms with Gasteiger partial charge >= 0.3 is 36.2 Å². The number of esters is 4. The van der Waals surface area contributed by atoms with Crippen molar-refractivity contribution < 1.29 is 92.9 Å². The molecular formula is C116H122F6O14S2. The highest BCUT2D eigenvalue weighted by Crippen LogP contribution is 2.41. The average molecular weight is 1920 g/mol. The van der Waals surface area contributed by atoms with Gasteiger partial charge in [0.05, 0.1) is 37.6 Å². The van der Waals surface area contributed by atoms with Crippen molar-refractivity contribution in [1.82, 2.24) is 0 Å². The molecule has 0 amide bonds. The largest absolute Gasteiger partial charge is 0.490 e. The van der Waals surface area contributed by atoms with E-state index in [9.17, 15) is 45.5 Å². The molecule has 138 heavy (non-hydrogen) atoms. The Labute approximate surface area is 816 Å². The van der Waals surface area contributed by atoms with Crippen LogP contribution in [0.5, 0.6) is 34.5 Å². The van der Waals surface area contributed by atoms with Gasteiger partial charge in [0, 0.05) is 9.79 Å². The number of allylic oxidation sites excluding steroid dienone is 2. The van der Waals surface area contributed by atoms with Crippen molar-refractivity contribution in [2.75, 3.05) is 52.9 Å². The Hall–Kier alpha value is -13.4. The number of alkyl halides is 6. The third kappa shape index (κ3) is 33.5. The van der Waals surface area contributed by atoms with Gasteiger partial charge in [0.2, 0.25) is 11.2 Å². The molecule has 12 aromatic rings. The summed E-state index contributed by atoms with van der Waals surface area (Å²) in [6, 6.07) is 93.0. The molecule has 12 aromatic carbocycles. The summed E-state index contributed by atoms with van der Waals surface area (Å²) in [6.07, 6.45) is 5.66. The summed E-state index contributed by atoms with van der Waals surface area (Å²) in [5.74, 6) is 2.97. The first kappa shape index (κ1) is 108. The predicted octanol–water partition coefficient (Wildman–Crippen LogP) is 30.5. The maximum atomic E-state index is 12.8. The number of hydrogen-bond acceptors (Lipinski definition) is 16. The summed E-state index contributed by atoms with van der Waals surface area (Å²) in [7, 11) is 0. The normalized spacial score (nSPS) is 13.3. The van der Waals surface area contributed by atoms with E-state index in [1.54, 1.807) is 65.8 Å². The molecular weight excluding hydrogens is 1800 g/mol. The van der Waals surface area contributed by atoms with Crippen LogP contribution in [-0.4, -0.2) is 97.4 Å². The van der Waals surface area contributed by atoms with Gasteiger partial charge in [-0.05, 0) is 318 Å². The molecule has 0 aromatic heterocycles. The topological polar surface area (TPSA) is 161 Å². The van der Waals surface area contributed by atoms with Crippen molar-refractivity contribution in [3.8, 4) is 79.0 Å². The SMILES string of the molecule is CCOC(=O)[C@@](C)(CC)Oc1ccc(OC/C=C/c2ccc(-c3ccccc3)cc2)cc1.CCOC(=O)[C@@](C)(CC)Sc1ccc(OC/C=C(\C)c2ccc(-c3ccc(C(F)(F)F)cc3)cc2)cc1.CCOC(=O)[C@](C)(CC)Oc1ccc(OC/C=C/c2ccc(-c3ccccc3)cc2)cc1.CCOC(=O)[C@](C)(CC)Sc1ccc(OC/C=C(\C)c2ccc(-c3ccc(C(F)(F)F)cc3)cc2)cc1. The van der Waals surface area contributed by atoms with Gasteiger partial charge in [-0.1, -0.05) is 222 Å². The van der Waals surface area contributed by atoms with Crippen molar-refractivity contribution in [2.45, 2.75) is 165 Å². The van der Waals surface area contributed by atoms with Gasteiger partial charge in [0.1, 0.15) is 70.4 Å². The second kappa shape index (κ2) is 53.3. The van der Waals surface area contributed by atoms with E-state index < -0.39 is 44.2 Å². The first-order valence-electron chi connectivity index (χ1n) is 46.1. The maximum absolute atomic E-state index is 12.8. The van der Waals surface area contributed by atoms with Gasteiger partial charge in [-0.25, -0.2) is 9.59 Å². The summed E-state index contributed by atoms with van der Waals surface area (Å²) < 4.78 is 131. The van der Waals surface area contributed by atoms with Crippen LogP contribution in [0.15, 0.2) is 337 Å². The number of ether oxygens (including phenoxy) is 10. The van der Waals surface area contributed by atoms with Crippen LogP contribution in [-0.2, 0) is 50.5 Å². The Balaban J connectivity index is 0.000000206. The first-order valence-corrected chi connectivity index (χ1v) is 47.7. The molecule has 724 valence electrons. The quantitative estimate of drug-likeness (QED) is 0.0154. The summed E-state index contributed by atoms with van der Waals surface area (Å²) >= 11 is 2.97. The van der Waals surface area contributed by atoms with E-state index >= 15 is 0 Å². The minimum atomic E-state index is -4.34. The van der Waals surface area contributed by atoms with E-state index in [1.807, 2.05) is 250 Å². The molecule has 0 aliphatic rings. The summed E-state index contributed by atoms with van der Waals surface area (Å²) in [6.45, 7) is 29.2. The van der Waals surface area contributed by atoms with E-state index in [0.29, 0.717) is 90.0 Å². The molecule has 0 radical (unpaired) electrons. The lowest BCUT2D eigenvalue weighted by atomic mass is 10.00. The number of carbonyl (C=O) groups excluding carboxylic acids is 4. The molecule has 0 spiro atoms. The summed E-state index contributed by atoms with van der Waals surface area (Å²) in [4.78, 5) is 50.9. The van der Waals surface area contributed by atoms with Crippen LogP contribution in [0.3, 0.4) is 0 Å². The number of carbonyl (C=O) groups is 4. The van der Waals surface area contributed by atoms with Crippen molar-refractivity contribution >= 4 is 70.7 Å². The fourth-order valence-corrected chi connectivity index (χ4v) is 15.6. The molecule has 0 saturated heterocycles. The minimum Gasteiger partial charge on any atom is -0.490 e. The molecule has 0 aliphatic heterocycles. The molecule has 22 heteroatoms. The monoisotopic (exact) mass is 1920 g/mol. The van der Waals surface area contributed by atoms with Gasteiger partial charge in [-0.3, -0.25) is 9.59 Å². The smallest absolute Gasteiger partial charge is 0.416 e. The lowest BCUT2D eigenvalue weighted by Gasteiger charge is -2.27. The highest BCUT2D eigenvalue weighted by atomic mass is 32.2. The van der Waals surface area contributed by atoms with Crippen molar-refractivity contribution in [2.24, 2.45) is 0 Å². The van der Waals surface area contributed by atoms with E-state index in [1.165, 1.54) is 70.0 Å².